The minimum Gasteiger partial charge on any atom is -0.326 e. The van der Waals surface area contributed by atoms with Crippen molar-refractivity contribution in [3.8, 4) is 0 Å². The molecule has 0 radical (unpaired) electrons. The standard InChI is InChI=1S/C10H17N3O2/c1-13-9(14)8(12-10(13)15)6-7-2-4-11-5-3-7/h7-8,11H,2-6H2,1H3,(H,12,15). The second kappa shape index (κ2) is 4.18. The van der Waals surface area contributed by atoms with Crippen LogP contribution in [0.25, 0.3) is 0 Å². The van der Waals surface area contributed by atoms with Crippen molar-refractivity contribution in [2.24, 2.45) is 5.92 Å². The highest BCUT2D eigenvalue weighted by Gasteiger charge is 2.36. The molecule has 2 heterocycles. The summed E-state index contributed by atoms with van der Waals surface area (Å²) in [6, 6.07) is -0.551. The summed E-state index contributed by atoms with van der Waals surface area (Å²) in [5, 5.41) is 6.00. The van der Waals surface area contributed by atoms with Crippen LogP contribution in [0, 0.1) is 5.92 Å². The van der Waals surface area contributed by atoms with Crippen LogP contribution >= 0.6 is 0 Å². The number of imide groups is 1. The topological polar surface area (TPSA) is 61.4 Å². The quantitative estimate of drug-likeness (QED) is 0.628. The molecule has 0 spiro atoms. The second-order valence-electron chi connectivity index (χ2n) is 4.33. The summed E-state index contributed by atoms with van der Waals surface area (Å²) >= 11 is 0. The number of hydrogen-bond donors (Lipinski definition) is 2. The summed E-state index contributed by atoms with van der Waals surface area (Å²) in [5.74, 6) is 0.477. The van der Waals surface area contributed by atoms with Gasteiger partial charge in [0.25, 0.3) is 5.91 Å². The average Bonchev–Trinajstić information content (AvgIpc) is 2.48. The first kappa shape index (κ1) is 10.4. The Balaban J connectivity index is 1.89. The van der Waals surface area contributed by atoms with E-state index >= 15 is 0 Å². The SMILES string of the molecule is CN1C(=O)NC(CC2CCNCC2)C1=O. The summed E-state index contributed by atoms with van der Waals surface area (Å²) in [6.45, 7) is 2.05. The lowest BCUT2D eigenvalue weighted by molar-refractivity contribution is -0.126. The molecule has 84 valence electrons. The molecule has 0 aromatic carbocycles. The molecule has 5 nitrogen and oxygen atoms in total. The molecule has 0 aliphatic carbocycles. The van der Waals surface area contributed by atoms with Gasteiger partial charge in [0.05, 0.1) is 0 Å². The van der Waals surface area contributed by atoms with Gasteiger partial charge in [-0.25, -0.2) is 4.79 Å². The number of hydrogen-bond acceptors (Lipinski definition) is 3. The Labute approximate surface area is 89.2 Å². The summed E-state index contributed by atoms with van der Waals surface area (Å²) < 4.78 is 0. The number of rotatable bonds is 2. The molecule has 2 aliphatic heterocycles. The summed E-state index contributed by atoms with van der Waals surface area (Å²) in [7, 11) is 1.53. The number of amides is 3. The second-order valence-corrected chi connectivity index (χ2v) is 4.33. The molecule has 2 fully saturated rings. The van der Waals surface area contributed by atoms with Crippen LogP contribution in [0.15, 0.2) is 0 Å². The van der Waals surface area contributed by atoms with Crippen LogP contribution in [0.5, 0.6) is 0 Å². The summed E-state index contributed by atoms with van der Waals surface area (Å²) in [5.41, 5.74) is 0. The summed E-state index contributed by atoms with van der Waals surface area (Å²) in [4.78, 5) is 24.0. The molecule has 2 aliphatic rings. The molecule has 2 N–H and O–H groups in total. The number of piperidine rings is 1. The maximum absolute atomic E-state index is 11.6. The zero-order valence-corrected chi connectivity index (χ0v) is 8.95. The van der Waals surface area contributed by atoms with E-state index in [1.165, 1.54) is 11.9 Å². The zero-order chi connectivity index (χ0) is 10.8. The minimum atomic E-state index is -0.286. The lowest BCUT2D eigenvalue weighted by atomic mass is 9.91. The molecule has 0 aromatic heterocycles. The predicted octanol–water partition coefficient (Wildman–Crippen LogP) is -0.0737. The molecule has 0 saturated carbocycles. The Morgan fingerprint density at radius 2 is 2.00 bits per heavy atom. The number of carbonyl (C=O) groups excluding carboxylic acids is 2. The molecular formula is C10H17N3O2. The van der Waals surface area contributed by atoms with Gasteiger partial charge in [0.15, 0.2) is 0 Å². The molecule has 2 saturated heterocycles. The van der Waals surface area contributed by atoms with Gasteiger partial charge in [-0.05, 0) is 38.3 Å². The van der Waals surface area contributed by atoms with Crippen LogP contribution in [-0.4, -0.2) is 43.0 Å². The van der Waals surface area contributed by atoms with Gasteiger partial charge in [-0.2, -0.15) is 0 Å². The third-order valence-electron chi connectivity index (χ3n) is 3.26. The van der Waals surface area contributed by atoms with E-state index in [1.54, 1.807) is 0 Å². The Hall–Kier alpha value is -1.10. The molecule has 15 heavy (non-hydrogen) atoms. The lowest BCUT2D eigenvalue weighted by Gasteiger charge is -2.24. The van der Waals surface area contributed by atoms with E-state index in [1.807, 2.05) is 0 Å². The zero-order valence-electron chi connectivity index (χ0n) is 8.95. The van der Waals surface area contributed by atoms with Gasteiger partial charge < -0.3 is 10.6 Å². The van der Waals surface area contributed by atoms with Crippen molar-refractivity contribution in [2.45, 2.75) is 25.3 Å². The fourth-order valence-electron chi connectivity index (χ4n) is 2.25. The molecule has 5 heteroatoms. The van der Waals surface area contributed by atoms with Gasteiger partial charge in [-0.15, -0.1) is 0 Å². The van der Waals surface area contributed by atoms with Crippen molar-refractivity contribution < 1.29 is 9.59 Å². The van der Waals surface area contributed by atoms with Crippen molar-refractivity contribution in [2.75, 3.05) is 20.1 Å². The van der Waals surface area contributed by atoms with E-state index in [-0.39, 0.29) is 18.0 Å². The maximum Gasteiger partial charge on any atom is 0.324 e. The fraction of sp³-hybridized carbons (Fsp3) is 0.800. The number of nitrogens with one attached hydrogen (secondary N) is 2. The first-order chi connectivity index (χ1) is 7.18. The van der Waals surface area contributed by atoms with Crippen molar-refractivity contribution >= 4 is 11.9 Å². The fourth-order valence-corrected chi connectivity index (χ4v) is 2.25. The molecule has 0 bridgehead atoms. The third-order valence-corrected chi connectivity index (χ3v) is 3.26. The first-order valence-electron chi connectivity index (χ1n) is 5.47. The number of nitrogens with zero attached hydrogens (tertiary/aromatic N) is 1. The number of likely N-dealkylation sites (N-methyl/N-ethyl adjacent to an activating group) is 1. The highest BCUT2D eigenvalue weighted by Crippen LogP contribution is 2.20. The maximum atomic E-state index is 11.6. The van der Waals surface area contributed by atoms with Crippen LogP contribution in [0.1, 0.15) is 19.3 Å². The van der Waals surface area contributed by atoms with Crippen LogP contribution in [-0.2, 0) is 4.79 Å². The van der Waals surface area contributed by atoms with E-state index < -0.39 is 0 Å². The predicted molar refractivity (Wildman–Crippen MR) is 55.3 cm³/mol. The van der Waals surface area contributed by atoms with Crippen LogP contribution in [0.4, 0.5) is 4.79 Å². The van der Waals surface area contributed by atoms with E-state index in [0.29, 0.717) is 5.92 Å². The van der Waals surface area contributed by atoms with Gasteiger partial charge in [-0.3, -0.25) is 9.69 Å². The van der Waals surface area contributed by atoms with Gasteiger partial charge >= 0.3 is 6.03 Å². The van der Waals surface area contributed by atoms with Gasteiger partial charge in [0, 0.05) is 7.05 Å². The van der Waals surface area contributed by atoms with Gasteiger partial charge in [-0.1, -0.05) is 0 Å². The number of urea groups is 1. The Morgan fingerprint density at radius 3 is 2.53 bits per heavy atom. The molecule has 1 atom stereocenters. The van der Waals surface area contributed by atoms with Crippen molar-refractivity contribution in [3.05, 3.63) is 0 Å². The minimum absolute atomic E-state index is 0.0847. The largest absolute Gasteiger partial charge is 0.326 e. The van der Waals surface area contributed by atoms with Crippen molar-refractivity contribution in [1.29, 1.82) is 0 Å². The Kier molecular flexibility index (Phi) is 2.90. The van der Waals surface area contributed by atoms with Crippen LogP contribution in [0.2, 0.25) is 0 Å². The molecule has 2 rings (SSSR count). The van der Waals surface area contributed by atoms with Crippen molar-refractivity contribution in [1.82, 2.24) is 15.5 Å². The molecule has 3 amide bonds. The number of carbonyl (C=O) groups is 2. The third kappa shape index (κ3) is 2.12. The lowest BCUT2D eigenvalue weighted by Crippen LogP contribution is -2.35. The molecule has 0 aromatic rings. The van der Waals surface area contributed by atoms with Gasteiger partial charge in [0.2, 0.25) is 0 Å². The monoisotopic (exact) mass is 211 g/mol. The highest BCUT2D eigenvalue weighted by molar-refractivity contribution is 6.03. The van der Waals surface area contributed by atoms with E-state index in [2.05, 4.69) is 10.6 Å². The first-order valence-corrected chi connectivity index (χ1v) is 5.47. The average molecular weight is 211 g/mol. The molecular weight excluding hydrogens is 194 g/mol. The van der Waals surface area contributed by atoms with Gasteiger partial charge in [0.1, 0.15) is 6.04 Å². The van der Waals surface area contributed by atoms with Crippen LogP contribution in [0.3, 0.4) is 0 Å². The van der Waals surface area contributed by atoms with E-state index in [4.69, 9.17) is 0 Å². The van der Waals surface area contributed by atoms with Crippen molar-refractivity contribution in [3.63, 3.8) is 0 Å². The highest BCUT2D eigenvalue weighted by atomic mass is 16.2. The summed E-state index contributed by atoms with van der Waals surface area (Å²) in [6.07, 6.45) is 2.99. The molecule has 1 unspecified atom stereocenters. The smallest absolute Gasteiger partial charge is 0.324 e. The van der Waals surface area contributed by atoms with Crippen LogP contribution < -0.4 is 10.6 Å². The Morgan fingerprint density at radius 1 is 1.33 bits per heavy atom. The normalized spacial score (nSPS) is 28.3. The Bertz CT molecular complexity index is 274. The van der Waals surface area contributed by atoms with E-state index in [9.17, 15) is 9.59 Å². The van der Waals surface area contributed by atoms with E-state index in [0.717, 1.165) is 32.4 Å².